The van der Waals surface area contributed by atoms with Crippen LogP contribution in [0.4, 0.5) is 0 Å². The molecule has 4 N–H and O–H groups in total. The van der Waals surface area contributed by atoms with Crippen LogP contribution < -0.4 is 11.5 Å². The monoisotopic (exact) mass is 130 g/mol. The molecule has 0 spiro atoms. The number of nitrogens with two attached hydrogens (primary N) is 2. The van der Waals surface area contributed by atoms with Crippen molar-refractivity contribution >= 4 is 0 Å². The van der Waals surface area contributed by atoms with Gasteiger partial charge in [-0.3, -0.25) is 0 Å². The standard InChI is InChI=1S/C4H9N.C3H9N/c1-2-3-4-5;1-2-3-4/h3-4H,2,5H2,1H3;2-4H2,1H3. The zero-order valence-corrected chi connectivity index (χ0v) is 6.43. The van der Waals surface area contributed by atoms with Crippen molar-refractivity contribution in [1.82, 2.24) is 0 Å². The molecule has 2 nitrogen and oxygen atoms in total. The number of hydrogen-bond donors (Lipinski definition) is 2. The summed E-state index contributed by atoms with van der Waals surface area (Å²) in [7, 11) is 0. The maximum absolute atomic E-state index is 5.03. The molecule has 0 bridgehead atoms. The van der Waals surface area contributed by atoms with Gasteiger partial charge >= 0.3 is 0 Å². The van der Waals surface area contributed by atoms with Crippen LogP contribution in [-0.2, 0) is 0 Å². The van der Waals surface area contributed by atoms with Crippen LogP contribution >= 0.6 is 0 Å². The summed E-state index contributed by atoms with van der Waals surface area (Å²) in [6.45, 7) is 4.92. The van der Waals surface area contributed by atoms with E-state index in [0.29, 0.717) is 0 Å². The fraction of sp³-hybridized carbons (Fsp3) is 0.714. The summed E-state index contributed by atoms with van der Waals surface area (Å²) in [5.41, 5.74) is 9.99. The Bertz CT molecular complexity index is 48.9. The molecule has 0 aromatic heterocycles. The molecule has 0 saturated carbocycles. The minimum atomic E-state index is 0.819. The van der Waals surface area contributed by atoms with Gasteiger partial charge < -0.3 is 11.5 Å². The first kappa shape index (κ1) is 11.3. The number of hydrogen-bond acceptors (Lipinski definition) is 2. The van der Waals surface area contributed by atoms with Crippen molar-refractivity contribution < 1.29 is 0 Å². The topological polar surface area (TPSA) is 52.0 Å². The molecule has 0 atom stereocenters. The largest absolute Gasteiger partial charge is 0.405 e. The first-order valence-corrected chi connectivity index (χ1v) is 3.40. The molecule has 0 aromatic carbocycles. The van der Waals surface area contributed by atoms with Gasteiger partial charge in [0.15, 0.2) is 0 Å². The van der Waals surface area contributed by atoms with Crippen LogP contribution in [0.2, 0.25) is 0 Å². The van der Waals surface area contributed by atoms with E-state index in [1.54, 1.807) is 6.20 Å². The van der Waals surface area contributed by atoms with E-state index < -0.39 is 0 Å². The molecular weight excluding hydrogens is 112 g/mol. The highest BCUT2D eigenvalue weighted by Crippen LogP contribution is 1.69. The van der Waals surface area contributed by atoms with Crippen LogP contribution in [0.25, 0.3) is 0 Å². The second-order valence-electron chi connectivity index (χ2n) is 1.63. The van der Waals surface area contributed by atoms with E-state index in [1.165, 1.54) is 0 Å². The summed E-state index contributed by atoms with van der Waals surface area (Å²) < 4.78 is 0. The molecule has 0 amide bonds. The lowest BCUT2D eigenvalue weighted by Crippen LogP contribution is -1.93. The SMILES string of the molecule is CCC=CN.CCCN. The Hall–Kier alpha value is -0.500. The van der Waals surface area contributed by atoms with Crippen molar-refractivity contribution in [3.8, 4) is 0 Å². The summed E-state index contributed by atoms with van der Waals surface area (Å²) in [5.74, 6) is 0. The maximum Gasteiger partial charge on any atom is -0.00799 e. The van der Waals surface area contributed by atoms with Gasteiger partial charge in [0, 0.05) is 0 Å². The Balaban J connectivity index is 0. The van der Waals surface area contributed by atoms with E-state index in [9.17, 15) is 0 Å². The van der Waals surface area contributed by atoms with Crippen LogP contribution in [0, 0.1) is 0 Å². The molecule has 0 heterocycles. The van der Waals surface area contributed by atoms with E-state index >= 15 is 0 Å². The molecule has 56 valence electrons. The number of rotatable bonds is 2. The summed E-state index contributed by atoms with van der Waals surface area (Å²) in [5, 5.41) is 0. The van der Waals surface area contributed by atoms with Crippen LogP contribution in [0.3, 0.4) is 0 Å². The normalized spacial score (nSPS) is 8.78. The molecule has 9 heavy (non-hydrogen) atoms. The highest BCUT2D eigenvalue weighted by molar-refractivity contribution is 4.71. The van der Waals surface area contributed by atoms with Crippen molar-refractivity contribution in [1.29, 1.82) is 0 Å². The Labute approximate surface area is 57.9 Å². The Morgan fingerprint density at radius 3 is 1.78 bits per heavy atom. The van der Waals surface area contributed by atoms with E-state index in [2.05, 4.69) is 6.92 Å². The van der Waals surface area contributed by atoms with Gasteiger partial charge in [0.2, 0.25) is 0 Å². The Morgan fingerprint density at radius 1 is 1.33 bits per heavy atom. The first-order valence-electron chi connectivity index (χ1n) is 3.40. The fourth-order valence-electron chi connectivity index (χ4n) is 0.136. The van der Waals surface area contributed by atoms with Gasteiger partial charge in [-0.1, -0.05) is 19.9 Å². The van der Waals surface area contributed by atoms with Crippen molar-refractivity contribution in [3.05, 3.63) is 12.3 Å². The molecule has 0 unspecified atom stereocenters. The van der Waals surface area contributed by atoms with Crippen molar-refractivity contribution in [2.24, 2.45) is 11.5 Å². The molecule has 0 fully saturated rings. The van der Waals surface area contributed by atoms with Gasteiger partial charge in [0.05, 0.1) is 0 Å². The van der Waals surface area contributed by atoms with Gasteiger partial charge in [-0.2, -0.15) is 0 Å². The zero-order chi connectivity index (χ0) is 7.54. The minimum absolute atomic E-state index is 0.819. The van der Waals surface area contributed by atoms with Crippen LogP contribution in [-0.4, -0.2) is 6.54 Å². The van der Waals surface area contributed by atoms with Gasteiger partial charge in [0.1, 0.15) is 0 Å². The Morgan fingerprint density at radius 2 is 1.78 bits per heavy atom. The lowest BCUT2D eigenvalue weighted by Gasteiger charge is -1.70. The smallest absolute Gasteiger partial charge is 0.00799 e. The van der Waals surface area contributed by atoms with Crippen LogP contribution in [0.1, 0.15) is 26.7 Å². The summed E-state index contributed by atoms with van der Waals surface area (Å²) in [6, 6.07) is 0. The van der Waals surface area contributed by atoms with E-state index in [4.69, 9.17) is 11.5 Å². The molecule has 2 heteroatoms. The highest BCUT2D eigenvalue weighted by Gasteiger charge is 1.55. The predicted molar refractivity (Wildman–Crippen MR) is 43.0 cm³/mol. The third-order valence-electron chi connectivity index (χ3n) is 0.660. The molecule has 0 aliphatic rings. The van der Waals surface area contributed by atoms with Gasteiger partial charge in [-0.05, 0) is 25.6 Å². The van der Waals surface area contributed by atoms with Crippen LogP contribution in [0.5, 0.6) is 0 Å². The summed E-state index contributed by atoms with van der Waals surface area (Å²) in [6.07, 6.45) is 5.59. The molecule has 0 rings (SSSR count). The average Bonchev–Trinajstić information content (AvgIpc) is 1.91. The lowest BCUT2D eigenvalue weighted by molar-refractivity contribution is 0.932. The van der Waals surface area contributed by atoms with Gasteiger partial charge in [0.25, 0.3) is 0 Å². The predicted octanol–water partition coefficient (Wildman–Crippen LogP) is 1.22. The number of allylic oxidation sites excluding steroid dienone is 1. The van der Waals surface area contributed by atoms with Gasteiger partial charge in [-0.15, -0.1) is 0 Å². The van der Waals surface area contributed by atoms with Crippen molar-refractivity contribution in [2.75, 3.05) is 6.54 Å². The molecular formula is C7H18N2. The second-order valence-corrected chi connectivity index (χ2v) is 1.63. The maximum atomic E-state index is 5.03. The third kappa shape index (κ3) is 36.3. The molecule has 0 aromatic rings. The molecule has 0 aliphatic heterocycles. The Kier molecular flexibility index (Phi) is 19.7. The van der Waals surface area contributed by atoms with Crippen molar-refractivity contribution in [2.45, 2.75) is 26.7 Å². The molecule has 0 radical (unpaired) electrons. The zero-order valence-electron chi connectivity index (χ0n) is 6.43. The summed E-state index contributed by atoms with van der Waals surface area (Å²) >= 11 is 0. The van der Waals surface area contributed by atoms with E-state index in [1.807, 2.05) is 13.0 Å². The van der Waals surface area contributed by atoms with Crippen LogP contribution in [0.15, 0.2) is 12.3 Å². The lowest BCUT2D eigenvalue weighted by atomic mass is 10.5. The van der Waals surface area contributed by atoms with Crippen molar-refractivity contribution in [3.63, 3.8) is 0 Å². The minimum Gasteiger partial charge on any atom is -0.405 e. The molecule has 0 saturated heterocycles. The van der Waals surface area contributed by atoms with E-state index in [-0.39, 0.29) is 0 Å². The average molecular weight is 130 g/mol. The summed E-state index contributed by atoms with van der Waals surface area (Å²) in [4.78, 5) is 0. The highest BCUT2D eigenvalue weighted by atomic mass is 14.5. The van der Waals surface area contributed by atoms with E-state index in [0.717, 1.165) is 19.4 Å². The molecule has 0 aliphatic carbocycles. The fourth-order valence-corrected chi connectivity index (χ4v) is 0.136. The first-order chi connectivity index (χ1) is 4.33. The third-order valence-corrected chi connectivity index (χ3v) is 0.660. The second kappa shape index (κ2) is 15.6. The van der Waals surface area contributed by atoms with Gasteiger partial charge in [-0.25, -0.2) is 0 Å². The quantitative estimate of drug-likeness (QED) is 0.590.